The van der Waals surface area contributed by atoms with Gasteiger partial charge in [0.15, 0.2) is 0 Å². The molecule has 2 rings (SSSR count). The third-order valence-corrected chi connectivity index (χ3v) is 2.28. The van der Waals surface area contributed by atoms with Crippen molar-refractivity contribution in [1.82, 2.24) is 9.97 Å². The molecular weight excluding hydrogens is 204 g/mol. The highest BCUT2D eigenvalue weighted by Crippen LogP contribution is 2.24. The first kappa shape index (κ1) is 10.4. The van der Waals surface area contributed by atoms with Gasteiger partial charge in [0.1, 0.15) is 5.75 Å². The van der Waals surface area contributed by atoms with E-state index in [0.717, 1.165) is 17.1 Å². The Bertz CT molecular complexity index is 453. The molecular formula is C11H14N4O. The quantitative estimate of drug-likeness (QED) is 0.681. The fourth-order valence-electron chi connectivity index (χ4n) is 1.39. The van der Waals surface area contributed by atoms with Crippen molar-refractivity contribution < 1.29 is 4.74 Å². The van der Waals surface area contributed by atoms with Crippen LogP contribution in [0.3, 0.4) is 0 Å². The summed E-state index contributed by atoms with van der Waals surface area (Å²) in [5.41, 5.74) is 8.39. The Hall–Kier alpha value is -2.17. The first-order chi connectivity index (χ1) is 7.79. The molecule has 16 heavy (non-hydrogen) atoms. The van der Waals surface area contributed by atoms with Gasteiger partial charge in [-0.1, -0.05) is 0 Å². The van der Waals surface area contributed by atoms with Gasteiger partial charge in [-0.3, -0.25) is 0 Å². The summed E-state index contributed by atoms with van der Waals surface area (Å²) in [7, 11) is 1.63. The van der Waals surface area contributed by atoms with Crippen molar-refractivity contribution in [3.05, 3.63) is 36.4 Å². The first-order valence-electron chi connectivity index (χ1n) is 4.94. The lowest BCUT2D eigenvalue weighted by Gasteiger charge is -2.09. The summed E-state index contributed by atoms with van der Waals surface area (Å²) in [5, 5.41) is 3.21. The Labute approximate surface area is 93.7 Å². The molecule has 0 aliphatic carbocycles. The average molecular weight is 218 g/mol. The predicted octanol–water partition coefficient (Wildman–Crippen LogP) is 1.61. The normalized spacial score (nSPS) is 10.1. The smallest absolute Gasteiger partial charge is 0.121 e. The minimum absolute atomic E-state index is 0.650. The van der Waals surface area contributed by atoms with Crippen molar-refractivity contribution in [3.8, 4) is 5.75 Å². The fraction of sp³-hybridized carbons (Fsp3) is 0.182. The van der Waals surface area contributed by atoms with Gasteiger partial charge in [-0.05, 0) is 12.1 Å². The molecule has 0 radical (unpaired) electrons. The molecule has 1 aromatic carbocycles. The number of hydrogen-bond donors (Lipinski definition) is 3. The van der Waals surface area contributed by atoms with Gasteiger partial charge in [0, 0.05) is 12.3 Å². The molecule has 84 valence electrons. The number of rotatable bonds is 4. The second-order valence-electron chi connectivity index (χ2n) is 3.38. The Morgan fingerprint density at radius 1 is 1.50 bits per heavy atom. The predicted molar refractivity (Wildman–Crippen MR) is 63.3 cm³/mol. The number of H-pyrrole nitrogens is 1. The summed E-state index contributed by atoms with van der Waals surface area (Å²) in [6.45, 7) is 0.650. The maximum absolute atomic E-state index is 5.84. The van der Waals surface area contributed by atoms with Crippen molar-refractivity contribution in [2.75, 3.05) is 18.2 Å². The summed E-state index contributed by atoms with van der Waals surface area (Å²) in [4.78, 5) is 6.95. The second-order valence-corrected chi connectivity index (χ2v) is 3.38. The van der Waals surface area contributed by atoms with E-state index >= 15 is 0 Å². The topological polar surface area (TPSA) is 76.0 Å². The van der Waals surface area contributed by atoms with Crippen molar-refractivity contribution >= 4 is 11.4 Å². The SMILES string of the molecule is COc1ccc(N)c(NCc2cnc[nH]2)c1. The van der Waals surface area contributed by atoms with Crippen LogP contribution in [-0.2, 0) is 6.54 Å². The van der Waals surface area contributed by atoms with Crippen LogP contribution < -0.4 is 15.8 Å². The highest BCUT2D eigenvalue weighted by molar-refractivity contribution is 5.68. The monoisotopic (exact) mass is 218 g/mol. The van der Waals surface area contributed by atoms with Gasteiger partial charge in [-0.25, -0.2) is 4.98 Å². The van der Waals surface area contributed by atoms with E-state index in [1.165, 1.54) is 0 Å². The van der Waals surface area contributed by atoms with Crippen LogP contribution in [0.25, 0.3) is 0 Å². The van der Waals surface area contributed by atoms with Crippen molar-refractivity contribution in [3.63, 3.8) is 0 Å². The van der Waals surface area contributed by atoms with Crippen LogP contribution in [0.4, 0.5) is 11.4 Å². The molecule has 1 heterocycles. The zero-order valence-corrected chi connectivity index (χ0v) is 9.03. The van der Waals surface area contributed by atoms with Crippen LogP contribution in [0.2, 0.25) is 0 Å². The Balaban J connectivity index is 2.08. The third kappa shape index (κ3) is 2.25. The zero-order chi connectivity index (χ0) is 11.4. The summed E-state index contributed by atoms with van der Waals surface area (Å²) in [5.74, 6) is 0.779. The molecule has 0 saturated heterocycles. The fourth-order valence-corrected chi connectivity index (χ4v) is 1.39. The van der Waals surface area contributed by atoms with Gasteiger partial charge < -0.3 is 20.8 Å². The molecule has 0 bridgehead atoms. The van der Waals surface area contributed by atoms with Crippen LogP contribution in [-0.4, -0.2) is 17.1 Å². The van der Waals surface area contributed by atoms with E-state index in [1.54, 1.807) is 19.6 Å². The highest BCUT2D eigenvalue weighted by atomic mass is 16.5. The Morgan fingerprint density at radius 3 is 3.06 bits per heavy atom. The number of aromatic nitrogens is 2. The number of imidazole rings is 1. The molecule has 0 aliphatic rings. The number of anilines is 2. The van der Waals surface area contributed by atoms with E-state index < -0.39 is 0 Å². The van der Waals surface area contributed by atoms with E-state index in [-0.39, 0.29) is 0 Å². The minimum Gasteiger partial charge on any atom is -0.497 e. The van der Waals surface area contributed by atoms with Gasteiger partial charge in [0.2, 0.25) is 0 Å². The van der Waals surface area contributed by atoms with Gasteiger partial charge in [-0.15, -0.1) is 0 Å². The maximum atomic E-state index is 5.84. The molecule has 5 nitrogen and oxygen atoms in total. The third-order valence-electron chi connectivity index (χ3n) is 2.28. The number of ether oxygens (including phenoxy) is 1. The van der Waals surface area contributed by atoms with Crippen LogP contribution in [0.15, 0.2) is 30.7 Å². The number of nitrogens with two attached hydrogens (primary N) is 1. The first-order valence-corrected chi connectivity index (χ1v) is 4.94. The number of benzene rings is 1. The lowest BCUT2D eigenvalue weighted by atomic mass is 10.2. The molecule has 5 heteroatoms. The lowest BCUT2D eigenvalue weighted by molar-refractivity contribution is 0.415. The summed E-state index contributed by atoms with van der Waals surface area (Å²) in [6.07, 6.45) is 3.41. The minimum atomic E-state index is 0.650. The van der Waals surface area contributed by atoms with Crippen molar-refractivity contribution in [2.24, 2.45) is 0 Å². The standard InChI is InChI=1S/C11H14N4O/c1-16-9-2-3-10(12)11(4-9)14-6-8-5-13-7-15-8/h2-5,7,14H,6,12H2,1H3,(H,13,15). The lowest BCUT2D eigenvalue weighted by Crippen LogP contribution is -2.03. The van der Waals surface area contributed by atoms with Crippen LogP contribution in [0.1, 0.15) is 5.69 Å². The summed E-state index contributed by atoms with van der Waals surface area (Å²) in [6, 6.07) is 5.51. The van der Waals surface area contributed by atoms with Gasteiger partial charge in [0.25, 0.3) is 0 Å². The molecule has 0 unspecified atom stereocenters. The molecule has 1 aromatic heterocycles. The molecule has 4 N–H and O–H groups in total. The van der Waals surface area contributed by atoms with Crippen LogP contribution in [0, 0.1) is 0 Å². The Morgan fingerprint density at radius 2 is 2.38 bits per heavy atom. The number of nitrogen functional groups attached to an aromatic ring is 1. The molecule has 0 saturated carbocycles. The van der Waals surface area contributed by atoms with Crippen molar-refractivity contribution in [1.29, 1.82) is 0 Å². The molecule has 0 amide bonds. The second kappa shape index (κ2) is 4.57. The van der Waals surface area contributed by atoms with Gasteiger partial charge in [-0.2, -0.15) is 0 Å². The van der Waals surface area contributed by atoms with Crippen LogP contribution >= 0.6 is 0 Å². The zero-order valence-electron chi connectivity index (χ0n) is 9.03. The van der Waals surface area contributed by atoms with Gasteiger partial charge >= 0.3 is 0 Å². The largest absolute Gasteiger partial charge is 0.497 e. The molecule has 2 aromatic rings. The van der Waals surface area contributed by atoms with E-state index in [4.69, 9.17) is 10.5 Å². The van der Waals surface area contributed by atoms with E-state index in [9.17, 15) is 0 Å². The van der Waals surface area contributed by atoms with Gasteiger partial charge in [0.05, 0.1) is 37.1 Å². The number of hydrogen-bond acceptors (Lipinski definition) is 4. The van der Waals surface area contributed by atoms with E-state index in [1.807, 2.05) is 18.2 Å². The summed E-state index contributed by atoms with van der Waals surface area (Å²) >= 11 is 0. The van der Waals surface area contributed by atoms with E-state index in [2.05, 4.69) is 15.3 Å². The van der Waals surface area contributed by atoms with Crippen LogP contribution in [0.5, 0.6) is 5.75 Å². The number of nitrogens with zero attached hydrogens (tertiary/aromatic N) is 1. The molecule has 0 atom stereocenters. The summed E-state index contributed by atoms with van der Waals surface area (Å²) < 4.78 is 5.13. The highest BCUT2D eigenvalue weighted by Gasteiger charge is 2.01. The number of nitrogens with one attached hydrogen (secondary N) is 2. The van der Waals surface area contributed by atoms with Crippen molar-refractivity contribution in [2.45, 2.75) is 6.54 Å². The average Bonchev–Trinajstić information content (AvgIpc) is 2.81. The molecule has 0 fully saturated rings. The molecule has 0 spiro atoms. The number of methoxy groups -OCH3 is 1. The Kier molecular flexibility index (Phi) is 2.95. The number of aromatic amines is 1. The maximum Gasteiger partial charge on any atom is 0.121 e. The molecule has 0 aliphatic heterocycles. The van der Waals surface area contributed by atoms with E-state index in [0.29, 0.717) is 12.2 Å².